The first kappa shape index (κ1) is 15.1. The Bertz CT molecular complexity index is 432. The molecule has 112 valence electrons. The van der Waals surface area contributed by atoms with E-state index < -0.39 is 0 Å². The highest BCUT2D eigenvalue weighted by molar-refractivity contribution is 5.48. The molecule has 1 fully saturated rings. The fraction of sp³-hybridized carbons (Fsp3) is 0.625. The highest BCUT2D eigenvalue weighted by Crippen LogP contribution is 2.37. The maximum absolute atomic E-state index is 5.94. The molecule has 4 nitrogen and oxygen atoms in total. The molecule has 20 heavy (non-hydrogen) atoms. The van der Waals surface area contributed by atoms with Gasteiger partial charge in [0.25, 0.3) is 0 Å². The molecule has 2 unspecified atom stereocenters. The summed E-state index contributed by atoms with van der Waals surface area (Å²) in [4.78, 5) is 0. The van der Waals surface area contributed by atoms with Crippen molar-refractivity contribution in [2.24, 2.45) is 17.6 Å². The molecule has 0 heterocycles. The van der Waals surface area contributed by atoms with Gasteiger partial charge in [-0.05, 0) is 37.3 Å². The van der Waals surface area contributed by atoms with Crippen molar-refractivity contribution in [3.63, 3.8) is 0 Å². The van der Waals surface area contributed by atoms with E-state index in [1.165, 1.54) is 12.8 Å². The van der Waals surface area contributed by atoms with Gasteiger partial charge in [-0.25, -0.2) is 0 Å². The Hall–Kier alpha value is -1.26. The van der Waals surface area contributed by atoms with Gasteiger partial charge in [0, 0.05) is 18.2 Å². The minimum absolute atomic E-state index is 0.0984. The average Bonchev–Trinajstić information content (AvgIpc) is 3.31. The third-order valence-corrected chi connectivity index (χ3v) is 4.16. The van der Waals surface area contributed by atoms with Crippen LogP contribution in [-0.2, 0) is 0 Å². The van der Waals surface area contributed by atoms with E-state index >= 15 is 0 Å². The van der Waals surface area contributed by atoms with Gasteiger partial charge in [-0.2, -0.15) is 0 Å². The number of nitrogens with two attached hydrogens (primary N) is 1. The zero-order chi connectivity index (χ0) is 14.5. The summed E-state index contributed by atoms with van der Waals surface area (Å²) >= 11 is 0. The summed E-state index contributed by atoms with van der Waals surface area (Å²) in [7, 11) is 3.32. The Morgan fingerprint density at radius 2 is 2.05 bits per heavy atom. The minimum Gasteiger partial charge on any atom is -0.493 e. The van der Waals surface area contributed by atoms with Crippen molar-refractivity contribution in [3.8, 4) is 11.5 Å². The van der Waals surface area contributed by atoms with E-state index in [1.54, 1.807) is 14.2 Å². The zero-order valence-electron chi connectivity index (χ0n) is 12.7. The number of ether oxygens (including phenoxy) is 2. The van der Waals surface area contributed by atoms with E-state index in [9.17, 15) is 0 Å². The van der Waals surface area contributed by atoms with Crippen molar-refractivity contribution in [1.29, 1.82) is 0 Å². The number of nitrogens with one attached hydrogen (secondary N) is 1. The molecule has 0 aromatic heterocycles. The fourth-order valence-electron chi connectivity index (χ4n) is 2.67. The first-order chi connectivity index (χ1) is 9.71. The maximum Gasteiger partial charge on any atom is 0.165 e. The summed E-state index contributed by atoms with van der Waals surface area (Å²) in [5, 5.41) is 3.57. The second kappa shape index (κ2) is 6.95. The second-order valence-corrected chi connectivity index (χ2v) is 5.59. The summed E-state index contributed by atoms with van der Waals surface area (Å²) in [5.74, 6) is 3.13. The Balaban J connectivity index is 2.09. The molecule has 0 radical (unpaired) electrons. The summed E-state index contributed by atoms with van der Waals surface area (Å²) < 4.78 is 10.8. The van der Waals surface area contributed by atoms with Crippen molar-refractivity contribution < 1.29 is 9.47 Å². The van der Waals surface area contributed by atoms with Gasteiger partial charge in [0.15, 0.2) is 11.5 Å². The third-order valence-electron chi connectivity index (χ3n) is 4.16. The number of methoxy groups -OCH3 is 2. The molecule has 1 aromatic carbocycles. The standard InChI is InChI=1S/C16H26N2O2/c1-11(12-7-8-12)10-18-14(9-17)13-5-4-6-15(19-2)16(13)20-3/h4-6,11-12,14,18H,7-10,17H2,1-3H3. The smallest absolute Gasteiger partial charge is 0.165 e. The first-order valence-corrected chi connectivity index (χ1v) is 7.35. The van der Waals surface area contributed by atoms with Crippen LogP contribution in [0.25, 0.3) is 0 Å². The van der Waals surface area contributed by atoms with Crippen molar-refractivity contribution in [2.45, 2.75) is 25.8 Å². The van der Waals surface area contributed by atoms with Crippen LogP contribution in [0, 0.1) is 11.8 Å². The highest BCUT2D eigenvalue weighted by atomic mass is 16.5. The molecule has 1 aliphatic carbocycles. The molecule has 1 aliphatic rings. The van der Waals surface area contributed by atoms with Crippen LogP contribution in [0.15, 0.2) is 18.2 Å². The molecule has 2 rings (SSSR count). The average molecular weight is 278 g/mol. The lowest BCUT2D eigenvalue weighted by Gasteiger charge is -2.23. The fourth-order valence-corrected chi connectivity index (χ4v) is 2.67. The van der Waals surface area contributed by atoms with Gasteiger partial charge in [0.05, 0.1) is 14.2 Å². The van der Waals surface area contributed by atoms with Crippen molar-refractivity contribution >= 4 is 0 Å². The van der Waals surface area contributed by atoms with E-state index in [-0.39, 0.29) is 6.04 Å². The zero-order valence-corrected chi connectivity index (χ0v) is 12.7. The minimum atomic E-state index is 0.0984. The van der Waals surface area contributed by atoms with Gasteiger partial charge in [-0.15, -0.1) is 0 Å². The van der Waals surface area contributed by atoms with Crippen molar-refractivity contribution in [1.82, 2.24) is 5.32 Å². The van der Waals surface area contributed by atoms with Gasteiger partial charge in [0.2, 0.25) is 0 Å². The Morgan fingerprint density at radius 3 is 2.60 bits per heavy atom. The van der Waals surface area contributed by atoms with Crippen LogP contribution in [0.4, 0.5) is 0 Å². The molecular weight excluding hydrogens is 252 g/mol. The lowest BCUT2D eigenvalue weighted by atomic mass is 10.0. The summed E-state index contributed by atoms with van der Waals surface area (Å²) in [5.41, 5.74) is 7.01. The van der Waals surface area contributed by atoms with Crippen LogP contribution in [0.2, 0.25) is 0 Å². The van der Waals surface area contributed by atoms with E-state index in [0.29, 0.717) is 12.5 Å². The molecule has 1 aromatic rings. The molecule has 0 aliphatic heterocycles. The maximum atomic E-state index is 5.94. The van der Waals surface area contributed by atoms with Gasteiger partial charge in [-0.3, -0.25) is 0 Å². The van der Waals surface area contributed by atoms with Crippen LogP contribution in [0.3, 0.4) is 0 Å². The van der Waals surface area contributed by atoms with E-state index in [0.717, 1.165) is 29.5 Å². The number of rotatable bonds is 8. The van der Waals surface area contributed by atoms with Gasteiger partial charge >= 0.3 is 0 Å². The van der Waals surface area contributed by atoms with E-state index in [1.807, 2.05) is 18.2 Å². The monoisotopic (exact) mass is 278 g/mol. The predicted molar refractivity (Wildman–Crippen MR) is 81.2 cm³/mol. The molecule has 0 saturated heterocycles. The summed E-state index contributed by atoms with van der Waals surface area (Å²) in [6.07, 6.45) is 2.75. The van der Waals surface area contributed by atoms with Crippen LogP contribution in [0.5, 0.6) is 11.5 Å². The quantitative estimate of drug-likeness (QED) is 0.766. The first-order valence-electron chi connectivity index (χ1n) is 7.35. The van der Waals surface area contributed by atoms with Gasteiger partial charge < -0.3 is 20.5 Å². The van der Waals surface area contributed by atoms with E-state index in [4.69, 9.17) is 15.2 Å². The molecule has 2 atom stereocenters. The Morgan fingerprint density at radius 1 is 1.30 bits per heavy atom. The number of benzene rings is 1. The van der Waals surface area contributed by atoms with Crippen LogP contribution in [0.1, 0.15) is 31.4 Å². The Kier molecular flexibility index (Phi) is 5.26. The van der Waals surface area contributed by atoms with Gasteiger partial charge in [-0.1, -0.05) is 19.1 Å². The normalized spacial score (nSPS) is 17.6. The molecule has 3 N–H and O–H groups in total. The second-order valence-electron chi connectivity index (χ2n) is 5.59. The van der Waals surface area contributed by atoms with E-state index in [2.05, 4.69) is 12.2 Å². The molecule has 0 bridgehead atoms. The topological polar surface area (TPSA) is 56.5 Å². The Labute approximate surface area is 121 Å². The lowest BCUT2D eigenvalue weighted by molar-refractivity contribution is 0.344. The molecular formula is C16H26N2O2. The number of hydrogen-bond donors (Lipinski definition) is 2. The molecule has 0 spiro atoms. The SMILES string of the molecule is COc1cccc(C(CN)NCC(C)C2CC2)c1OC. The molecule has 4 heteroatoms. The van der Waals surface area contributed by atoms with Crippen LogP contribution < -0.4 is 20.5 Å². The summed E-state index contributed by atoms with van der Waals surface area (Å²) in [6, 6.07) is 6.03. The number of hydrogen-bond acceptors (Lipinski definition) is 4. The predicted octanol–water partition coefficient (Wildman–Crippen LogP) is 2.34. The van der Waals surface area contributed by atoms with Gasteiger partial charge in [0.1, 0.15) is 0 Å². The van der Waals surface area contributed by atoms with Crippen molar-refractivity contribution in [2.75, 3.05) is 27.3 Å². The summed E-state index contributed by atoms with van der Waals surface area (Å²) in [6.45, 7) is 3.84. The highest BCUT2D eigenvalue weighted by Gasteiger charge is 2.28. The third kappa shape index (κ3) is 3.44. The molecule has 1 saturated carbocycles. The van der Waals surface area contributed by atoms with Crippen LogP contribution >= 0.6 is 0 Å². The largest absolute Gasteiger partial charge is 0.493 e. The number of para-hydroxylation sites is 1. The lowest BCUT2D eigenvalue weighted by Crippen LogP contribution is -2.32. The van der Waals surface area contributed by atoms with Crippen LogP contribution in [-0.4, -0.2) is 27.3 Å². The molecule has 0 amide bonds. The van der Waals surface area contributed by atoms with Crippen molar-refractivity contribution in [3.05, 3.63) is 23.8 Å².